The Bertz CT molecular complexity index is 487. The first-order valence-corrected chi connectivity index (χ1v) is 4.94. The van der Waals surface area contributed by atoms with Crippen LogP contribution in [0.5, 0.6) is 5.75 Å². The fourth-order valence-electron chi connectivity index (χ4n) is 1.30. The summed E-state index contributed by atoms with van der Waals surface area (Å²) in [4.78, 5) is 1.03. The van der Waals surface area contributed by atoms with Crippen LogP contribution in [0.25, 0.3) is 10.8 Å². The Balaban J connectivity index is 2.39. The van der Waals surface area contributed by atoms with Gasteiger partial charge in [0.25, 0.3) is 0 Å². The molecule has 0 spiro atoms. The molecule has 1 heterocycles. The third-order valence-corrected chi connectivity index (χ3v) is 2.77. The lowest BCUT2D eigenvalue weighted by molar-refractivity contribution is -0.274. The zero-order valence-corrected chi connectivity index (χ0v) is 8.50. The maximum Gasteiger partial charge on any atom is 0.573 e. The molecule has 0 unspecified atom stereocenters. The summed E-state index contributed by atoms with van der Waals surface area (Å²) in [5.74, 6) is -0.205. The van der Waals surface area contributed by atoms with Gasteiger partial charge in [0.1, 0.15) is 5.75 Å². The number of aryl methyl sites for hydroxylation is 1. The fraction of sp³-hybridized carbons (Fsp3) is 0.200. The Hall–Kier alpha value is -1.23. The lowest BCUT2D eigenvalue weighted by Crippen LogP contribution is -2.16. The second-order valence-corrected chi connectivity index (χ2v) is 4.04. The zero-order chi connectivity index (χ0) is 11.1. The third kappa shape index (κ3) is 2.23. The van der Waals surface area contributed by atoms with Crippen molar-refractivity contribution in [2.24, 2.45) is 0 Å². The molecule has 0 amide bonds. The molecular formula is C10H6F3OS. The van der Waals surface area contributed by atoms with E-state index in [0.29, 0.717) is 5.39 Å². The lowest BCUT2D eigenvalue weighted by Gasteiger charge is -2.08. The molecular weight excluding hydrogens is 225 g/mol. The number of fused-ring (bicyclic) bond motifs is 1. The van der Waals surface area contributed by atoms with Gasteiger partial charge in [0.05, 0.1) is 5.38 Å². The summed E-state index contributed by atoms with van der Waals surface area (Å²) >= 11 is 1.38. The van der Waals surface area contributed by atoms with E-state index >= 15 is 0 Å². The maximum atomic E-state index is 11.9. The van der Waals surface area contributed by atoms with E-state index in [-0.39, 0.29) is 5.75 Å². The predicted octanol–water partition coefficient (Wildman–Crippen LogP) is 3.91. The molecule has 0 aliphatic carbocycles. The second kappa shape index (κ2) is 3.41. The van der Waals surface area contributed by atoms with Crippen LogP contribution in [0.15, 0.2) is 18.2 Å². The quantitative estimate of drug-likeness (QED) is 0.723. The number of thiophene rings is 1. The van der Waals surface area contributed by atoms with Gasteiger partial charge >= 0.3 is 6.36 Å². The van der Waals surface area contributed by atoms with Crippen LogP contribution in [0.3, 0.4) is 0 Å². The molecule has 1 radical (unpaired) electrons. The van der Waals surface area contributed by atoms with Gasteiger partial charge in [-0.15, -0.1) is 24.5 Å². The standard InChI is InChI=1S/C10H6F3OS/c1-6-9-3-2-8(14-10(11,12)13)4-7(9)5-15-6/h2-4H,1H3. The summed E-state index contributed by atoms with van der Waals surface area (Å²) in [6, 6.07) is 4.26. The predicted molar refractivity (Wildman–Crippen MR) is 52.1 cm³/mol. The largest absolute Gasteiger partial charge is 0.573 e. The van der Waals surface area contributed by atoms with Gasteiger partial charge in [-0.3, -0.25) is 0 Å². The van der Waals surface area contributed by atoms with E-state index in [4.69, 9.17) is 0 Å². The molecule has 2 rings (SSSR count). The Morgan fingerprint density at radius 3 is 2.73 bits per heavy atom. The molecule has 5 heteroatoms. The topological polar surface area (TPSA) is 9.23 Å². The number of alkyl halides is 3. The highest BCUT2D eigenvalue weighted by Gasteiger charge is 2.31. The van der Waals surface area contributed by atoms with E-state index in [9.17, 15) is 13.2 Å². The van der Waals surface area contributed by atoms with Gasteiger partial charge in [0, 0.05) is 10.3 Å². The Kier molecular flexibility index (Phi) is 2.34. The van der Waals surface area contributed by atoms with Crippen molar-refractivity contribution >= 4 is 22.1 Å². The lowest BCUT2D eigenvalue weighted by atomic mass is 10.2. The average molecular weight is 231 g/mol. The minimum Gasteiger partial charge on any atom is -0.406 e. The van der Waals surface area contributed by atoms with Gasteiger partial charge in [-0.25, -0.2) is 0 Å². The number of rotatable bonds is 1. The summed E-state index contributed by atoms with van der Waals surface area (Å²) in [5.41, 5.74) is 0. The number of halogens is 3. The van der Waals surface area contributed by atoms with E-state index in [1.165, 1.54) is 23.5 Å². The SMILES string of the molecule is Cc1s[c]c2cc(OC(F)(F)F)ccc12. The van der Waals surface area contributed by atoms with E-state index in [1.54, 1.807) is 6.07 Å². The first kappa shape index (κ1) is 10.3. The zero-order valence-electron chi connectivity index (χ0n) is 7.68. The molecule has 0 atom stereocenters. The highest BCUT2D eigenvalue weighted by Crippen LogP contribution is 2.30. The molecule has 79 valence electrons. The van der Waals surface area contributed by atoms with Crippen LogP contribution >= 0.6 is 11.3 Å². The molecule has 15 heavy (non-hydrogen) atoms. The van der Waals surface area contributed by atoms with Crippen LogP contribution in [-0.2, 0) is 0 Å². The molecule has 0 N–H and O–H groups in total. The van der Waals surface area contributed by atoms with Gasteiger partial charge in [0.15, 0.2) is 0 Å². The van der Waals surface area contributed by atoms with Crippen molar-refractivity contribution in [3.8, 4) is 5.75 Å². The maximum absolute atomic E-state index is 11.9. The van der Waals surface area contributed by atoms with Crippen LogP contribution in [0.4, 0.5) is 13.2 Å². The van der Waals surface area contributed by atoms with E-state index in [1.807, 2.05) is 6.92 Å². The van der Waals surface area contributed by atoms with Crippen LogP contribution in [-0.4, -0.2) is 6.36 Å². The van der Waals surface area contributed by atoms with Gasteiger partial charge in [-0.05, 0) is 30.5 Å². The highest BCUT2D eigenvalue weighted by atomic mass is 32.1. The fourth-order valence-corrected chi connectivity index (χ4v) is 2.02. The van der Waals surface area contributed by atoms with E-state index < -0.39 is 6.36 Å². The van der Waals surface area contributed by atoms with Crippen LogP contribution < -0.4 is 4.74 Å². The molecule has 2 aromatic rings. The number of ether oxygens (including phenoxy) is 1. The number of benzene rings is 1. The summed E-state index contributed by atoms with van der Waals surface area (Å²) in [6.45, 7) is 1.90. The normalized spacial score (nSPS) is 12.0. The number of hydrogen-bond acceptors (Lipinski definition) is 2. The summed E-state index contributed by atoms with van der Waals surface area (Å²) in [7, 11) is 0. The second-order valence-electron chi connectivity index (χ2n) is 3.02. The van der Waals surface area contributed by atoms with Crippen molar-refractivity contribution in [2.75, 3.05) is 0 Å². The van der Waals surface area contributed by atoms with Crippen molar-refractivity contribution in [2.45, 2.75) is 13.3 Å². The van der Waals surface area contributed by atoms with Crippen molar-refractivity contribution in [3.05, 3.63) is 28.5 Å². The van der Waals surface area contributed by atoms with Gasteiger partial charge in [0.2, 0.25) is 0 Å². The minimum atomic E-state index is -4.64. The summed E-state index contributed by atoms with van der Waals surface area (Å²) in [5, 5.41) is 4.47. The molecule has 0 bridgehead atoms. The van der Waals surface area contributed by atoms with Crippen molar-refractivity contribution in [1.82, 2.24) is 0 Å². The van der Waals surface area contributed by atoms with Crippen molar-refractivity contribution < 1.29 is 17.9 Å². The molecule has 0 saturated heterocycles. The first-order chi connectivity index (χ1) is 6.96. The molecule has 1 aromatic carbocycles. The van der Waals surface area contributed by atoms with Crippen LogP contribution in [0.2, 0.25) is 0 Å². The summed E-state index contributed by atoms with van der Waals surface area (Å²) < 4.78 is 39.6. The molecule has 0 aliphatic heterocycles. The average Bonchev–Trinajstić information content (AvgIpc) is 2.45. The monoisotopic (exact) mass is 231 g/mol. The molecule has 1 aromatic heterocycles. The molecule has 1 nitrogen and oxygen atoms in total. The first-order valence-electron chi connectivity index (χ1n) is 4.12. The molecule has 0 fully saturated rings. The van der Waals surface area contributed by atoms with Crippen LogP contribution in [0, 0.1) is 12.3 Å². The Labute approximate surface area is 88.1 Å². The third-order valence-electron chi connectivity index (χ3n) is 1.92. The van der Waals surface area contributed by atoms with Gasteiger partial charge in [-0.1, -0.05) is 0 Å². The van der Waals surface area contributed by atoms with Gasteiger partial charge < -0.3 is 4.74 Å². The van der Waals surface area contributed by atoms with Crippen molar-refractivity contribution in [3.63, 3.8) is 0 Å². The molecule has 0 saturated carbocycles. The van der Waals surface area contributed by atoms with E-state index in [2.05, 4.69) is 10.1 Å². The Morgan fingerprint density at radius 1 is 1.33 bits per heavy atom. The smallest absolute Gasteiger partial charge is 0.406 e. The highest BCUT2D eigenvalue weighted by molar-refractivity contribution is 7.11. The Morgan fingerprint density at radius 2 is 2.07 bits per heavy atom. The van der Waals surface area contributed by atoms with Crippen molar-refractivity contribution in [1.29, 1.82) is 0 Å². The number of hydrogen-bond donors (Lipinski definition) is 0. The van der Waals surface area contributed by atoms with Gasteiger partial charge in [-0.2, -0.15) is 0 Å². The van der Waals surface area contributed by atoms with Crippen LogP contribution in [0.1, 0.15) is 4.88 Å². The van der Waals surface area contributed by atoms with E-state index in [0.717, 1.165) is 10.3 Å². The summed E-state index contributed by atoms with van der Waals surface area (Å²) in [6.07, 6.45) is -4.64. The molecule has 0 aliphatic rings. The minimum absolute atomic E-state index is 0.205.